The van der Waals surface area contributed by atoms with Crippen LogP contribution in [-0.2, 0) is 9.59 Å². The molecule has 1 aliphatic carbocycles. The monoisotopic (exact) mass is 363 g/mol. The van der Waals surface area contributed by atoms with Crippen molar-refractivity contribution in [1.82, 2.24) is 0 Å². The molecule has 1 saturated heterocycles. The van der Waals surface area contributed by atoms with Gasteiger partial charge in [-0.3, -0.25) is 14.4 Å². The number of amides is 2. The molecule has 2 aliphatic rings. The summed E-state index contributed by atoms with van der Waals surface area (Å²) in [5.74, 6) is -0.764. The topological polar surface area (TPSA) is 54.5 Å². The van der Waals surface area contributed by atoms with Crippen LogP contribution in [0.15, 0.2) is 60.7 Å². The van der Waals surface area contributed by atoms with Gasteiger partial charge in [0.15, 0.2) is 5.78 Å². The fraction of sp³-hybridized carbons (Fsp3) is 0.286. The van der Waals surface area contributed by atoms with Crippen molar-refractivity contribution in [2.24, 2.45) is 5.41 Å². The molecule has 1 aliphatic heterocycles. The number of hydrogen-bond donors (Lipinski definition) is 0. The van der Waals surface area contributed by atoms with Crippen molar-refractivity contribution in [3.05, 3.63) is 66.2 Å². The molecule has 2 amide bonds. The van der Waals surface area contributed by atoms with E-state index >= 15 is 0 Å². The zero-order valence-electron chi connectivity index (χ0n) is 15.2. The number of Topliss-reactive ketones (excluding diaryl/α,β-unsaturated/α-hetero) is 1. The second-order valence-electron chi connectivity index (χ2n) is 8.21. The molecule has 2 aromatic rings. The van der Waals surface area contributed by atoms with Crippen LogP contribution in [0.25, 0.3) is 0 Å². The van der Waals surface area contributed by atoms with E-state index in [1.54, 1.807) is 48.5 Å². The van der Waals surface area contributed by atoms with Gasteiger partial charge in [0.1, 0.15) is 5.41 Å². The van der Waals surface area contributed by atoms with Crippen molar-refractivity contribution >= 4 is 31.4 Å². The first-order valence-corrected chi connectivity index (χ1v) is 12.3. The van der Waals surface area contributed by atoms with Gasteiger partial charge in [0.2, 0.25) is 11.8 Å². The summed E-state index contributed by atoms with van der Waals surface area (Å²) in [6.07, 6.45) is 0.352. The van der Waals surface area contributed by atoms with Gasteiger partial charge >= 0.3 is 0 Å². The van der Waals surface area contributed by atoms with Gasteiger partial charge in [-0.15, -0.1) is 0 Å². The van der Waals surface area contributed by atoms with Crippen molar-refractivity contribution in [3.63, 3.8) is 0 Å². The van der Waals surface area contributed by atoms with Crippen LogP contribution in [0.3, 0.4) is 0 Å². The number of nitrogens with zero attached hydrogens (tertiary/aromatic N) is 1. The largest absolute Gasteiger partial charge is 0.293 e. The summed E-state index contributed by atoms with van der Waals surface area (Å²) in [5.41, 5.74) is -0.178. The average Bonchev–Trinajstić information content (AvgIpc) is 3.31. The molecule has 2 aromatic carbocycles. The molecular weight excluding hydrogens is 342 g/mol. The van der Waals surface area contributed by atoms with E-state index in [4.69, 9.17) is 0 Å². The predicted octanol–water partition coefficient (Wildman–Crippen LogP) is 3.91. The first kappa shape index (κ1) is 16.9. The standard InChI is InChI=1S/C21H21NO3Si/c1-26(2,3)21-14-20(21,17(23)15-10-6-4-7-11-15)18(24)22(19(21)25)16-12-8-5-9-13-16/h4-13H,14H2,1-3H3/t20-,21+/m1/s1. The second kappa shape index (κ2) is 5.24. The van der Waals surface area contributed by atoms with Gasteiger partial charge in [0.05, 0.1) is 18.8 Å². The second-order valence-corrected chi connectivity index (χ2v) is 13.6. The molecule has 0 spiro atoms. The molecular formula is C21H21NO3Si. The number of anilines is 1. The highest BCUT2D eigenvalue weighted by Gasteiger charge is 2.89. The molecule has 1 saturated carbocycles. The smallest absolute Gasteiger partial charge is 0.248 e. The van der Waals surface area contributed by atoms with Crippen molar-refractivity contribution in [1.29, 1.82) is 0 Å². The number of ketones is 1. The van der Waals surface area contributed by atoms with Crippen molar-refractivity contribution in [2.75, 3.05) is 4.90 Å². The molecule has 1 heterocycles. The Balaban J connectivity index is 1.88. The summed E-state index contributed by atoms with van der Waals surface area (Å²) in [6.45, 7) is 6.23. The van der Waals surface area contributed by atoms with E-state index in [0.717, 1.165) is 0 Å². The number of fused-ring (bicyclic) bond motifs is 1. The molecule has 0 N–H and O–H groups in total. The Labute approximate surface area is 153 Å². The first-order chi connectivity index (χ1) is 12.3. The molecule has 26 heavy (non-hydrogen) atoms. The molecule has 5 heteroatoms. The molecule has 2 atom stereocenters. The normalized spacial score (nSPS) is 27.4. The highest BCUT2D eigenvalue weighted by atomic mass is 28.3. The minimum Gasteiger partial charge on any atom is -0.293 e. The minimum atomic E-state index is -2.15. The number of imide groups is 1. The Hall–Kier alpha value is -2.53. The van der Waals surface area contributed by atoms with Gasteiger partial charge in [-0.2, -0.15) is 0 Å². The summed E-state index contributed by atoms with van der Waals surface area (Å²) in [6, 6.07) is 17.8. The first-order valence-electron chi connectivity index (χ1n) is 8.81. The number of benzene rings is 2. The SMILES string of the molecule is C[Si](C)(C)[C@]12C[C@@]1(C(=O)c1ccccc1)C(=O)N(c1ccccc1)C2=O. The minimum absolute atomic E-state index is 0.197. The van der Waals surface area contributed by atoms with E-state index in [2.05, 4.69) is 19.6 Å². The molecule has 0 unspecified atom stereocenters. The predicted molar refractivity (Wildman–Crippen MR) is 103 cm³/mol. The van der Waals surface area contributed by atoms with Crippen LogP contribution < -0.4 is 4.90 Å². The molecule has 0 aromatic heterocycles. The zero-order valence-corrected chi connectivity index (χ0v) is 16.2. The third kappa shape index (κ3) is 1.86. The summed E-state index contributed by atoms with van der Waals surface area (Å²) < 4.78 is 0. The fourth-order valence-electron chi connectivity index (χ4n) is 4.59. The van der Waals surface area contributed by atoms with E-state index in [1.165, 1.54) is 4.90 Å². The van der Waals surface area contributed by atoms with E-state index in [-0.39, 0.29) is 17.6 Å². The number of para-hydroxylation sites is 1. The van der Waals surface area contributed by atoms with Gasteiger partial charge in [0.25, 0.3) is 0 Å². The van der Waals surface area contributed by atoms with Crippen LogP contribution in [0.4, 0.5) is 5.69 Å². The Bertz CT molecular complexity index is 919. The van der Waals surface area contributed by atoms with Crippen LogP contribution in [0.2, 0.25) is 24.7 Å². The Kier molecular flexibility index (Phi) is 3.41. The third-order valence-corrected chi connectivity index (χ3v) is 9.37. The number of carbonyl (C=O) groups excluding carboxylic acids is 3. The maximum Gasteiger partial charge on any atom is 0.248 e. The molecule has 0 bridgehead atoms. The Morgan fingerprint density at radius 1 is 0.885 bits per heavy atom. The lowest BCUT2D eigenvalue weighted by Crippen LogP contribution is -2.41. The summed E-state index contributed by atoms with van der Waals surface area (Å²) in [4.78, 5) is 41.6. The molecule has 2 fully saturated rings. The van der Waals surface area contributed by atoms with Crippen molar-refractivity contribution in [3.8, 4) is 0 Å². The van der Waals surface area contributed by atoms with Crippen molar-refractivity contribution in [2.45, 2.75) is 31.1 Å². The number of hydrogen-bond acceptors (Lipinski definition) is 3. The van der Waals surface area contributed by atoms with Crippen LogP contribution in [-0.4, -0.2) is 25.7 Å². The van der Waals surface area contributed by atoms with E-state index in [0.29, 0.717) is 17.7 Å². The zero-order chi connectivity index (χ0) is 18.7. The third-order valence-electron chi connectivity index (χ3n) is 5.99. The summed E-state index contributed by atoms with van der Waals surface area (Å²) in [7, 11) is -2.15. The van der Waals surface area contributed by atoms with Gasteiger partial charge in [-0.25, -0.2) is 4.90 Å². The van der Waals surface area contributed by atoms with Crippen molar-refractivity contribution < 1.29 is 14.4 Å². The lowest BCUT2D eigenvalue weighted by atomic mass is 9.92. The Morgan fingerprint density at radius 3 is 1.96 bits per heavy atom. The number of rotatable bonds is 4. The van der Waals surface area contributed by atoms with E-state index in [9.17, 15) is 14.4 Å². The fourth-order valence-corrected chi connectivity index (χ4v) is 7.64. The lowest BCUT2D eigenvalue weighted by Gasteiger charge is -2.28. The van der Waals surface area contributed by atoms with Gasteiger partial charge in [-0.1, -0.05) is 68.2 Å². The van der Waals surface area contributed by atoms with Crippen LogP contribution in [0.1, 0.15) is 16.8 Å². The highest BCUT2D eigenvalue weighted by molar-refractivity contribution is 6.86. The van der Waals surface area contributed by atoms with Gasteiger partial charge in [-0.05, 0) is 18.6 Å². The van der Waals surface area contributed by atoms with E-state index < -0.39 is 18.5 Å². The van der Waals surface area contributed by atoms with Crippen LogP contribution in [0, 0.1) is 5.41 Å². The molecule has 132 valence electrons. The van der Waals surface area contributed by atoms with Gasteiger partial charge in [0, 0.05) is 5.56 Å². The van der Waals surface area contributed by atoms with Gasteiger partial charge < -0.3 is 0 Å². The summed E-state index contributed by atoms with van der Waals surface area (Å²) in [5, 5.41) is -0.847. The number of carbonyl (C=O) groups is 3. The average molecular weight is 363 g/mol. The highest BCUT2D eigenvalue weighted by Crippen LogP contribution is 2.80. The van der Waals surface area contributed by atoms with E-state index in [1.807, 2.05) is 12.1 Å². The maximum absolute atomic E-state index is 13.5. The molecule has 4 nitrogen and oxygen atoms in total. The number of piperidine rings is 1. The Morgan fingerprint density at radius 2 is 1.42 bits per heavy atom. The van der Waals surface area contributed by atoms with Crippen LogP contribution in [0.5, 0.6) is 0 Å². The maximum atomic E-state index is 13.5. The molecule has 4 rings (SSSR count). The summed E-state index contributed by atoms with van der Waals surface area (Å²) >= 11 is 0. The quantitative estimate of drug-likeness (QED) is 0.358. The molecule has 0 radical (unpaired) electrons. The van der Waals surface area contributed by atoms with Crippen LogP contribution >= 0.6 is 0 Å². The lowest BCUT2D eigenvalue weighted by molar-refractivity contribution is -0.124.